The fourth-order valence-corrected chi connectivity index (χ4v) is 1.81. The molecule has 160 valence electrons. The average molecular weight is 402 g/mol. The Morgan fingerprint density at radius 2 is 1.04 bits per heavy atom. The molecule has 0 saturated carbocycles. The summed E-state index contributed by atoms with van der Waals surface area (Å²) in [5.41, 5.74) is -1.55. The topological polar surface area (TPSA) is 151 Å². The van der Waals surface area contributed by atoms with Crippen LogP contribution >= 0.6 is 0 Å². The fourth-order valence-electron chi connectivity index (χ4n) is 1.81. The summed E-state index contributed by atoms with van der Waals surface area (Å²) in [6, 6.07) is -2.48. The van der Waals surface area contributed by atoms with Crippen LogP contribution in [0.3, 0.4) is 0 Å². The largest absolute Gasteiger partial charge is 0.480 e. The van der Waals surface area contributed by atoms with Gasteiger partial charge in [-0.3, -0.25) is 0 Å². The molecule has 2 amide bonds. The van der Waals surface area contributed by atoms with E-state index in [1.54, 1.807) is 41.5 Å². The van der Waals surface area contributed by atoms with Gasteiger partial charge in [0.2, 0.25) is 0 Å². The predicted octanol–water partition coefficient (Wildman–Crippen LogP) is 2.28. The lowest BCUT2D eigenvalue weighted by molar-refractivity contribution is -0.140. The number of ether oxygens (including phenoxy) is 2. The fraction of sp³-hybridized carbons (Fsp3) is 0.667. The summed E-state index contributed by atoms with van der Waals surface area (Å²) >= 11 is 0. The number of carbonyl (C=O) groups excluding carboxylic acids is 2. The summed E-state index contributed by atoms with van der Waals surface area (Å²) in [4.78, 5) is 45.8. The molecule has 2 unspecified atom stereocenters. The number of hydrogen-bond acceptors (Lipinski definition) is 6. The van der Waals surface area contributed by atoms with E-state index < -0.39 is 47.4 Å². The standard InChI is InChI=1S/C18H30N2O8/c1-17(2,3)27-15(25)19-11(13(21)22)9-7-8-10-12(14(23)24)20-16(26)28-18(4,5)6/h7-8,11-12H,9-10H2,1-6H3,(H,19,25)(H,20,26)(H,21,22)(H,23,24). The maximum Gasteiger partial charge on any atom is 0.408 e. The number of alkyl carbamates (subject to hydrolysis) is 2. The van der Waals surface area contributed by atoms with Crippen LogP contribution in [0.4, 0.5) is 9.59 Å². The summed E-state index contributed by atoms with van der Waals surface area (Å²) in [6.45, 7) is 9.87. The minimum absolute atomic E-state index is 0.0899. The summed E-state index contributed by atoms with van der Waals surface area (Å²) < 4.78 is 10.0. The lowest BCUT2D eigenvalue weighted by Crippen LogP contribution is -2.43. The summed E-state index contributed by atoms with van der Waals surface area (Å²) in [7, 11) is 0. The van der Waals surface area contributed by atoms with E-state index in [0.29, 0.717) is 0 Å². The Bertz CT molecular complexity index is 550. The van der Waals surface area contributed by atoms with Crippen LogP contribution in [0.15, 0.2) is 12.2 Å². The van der Waals surface area contributed by atoms with Crippen molar-refractivity contribution < 1.29 is 38.9 Å². The minimum atomic E-state index is -1.27. The van der Waals surface area contributed by atoms with Gasteiger partial charge in [-0.15, -0.1) is 0 Å². The van der Waals surface area contributed by atoms with E-state index in [1.165, 1.54) is 12.2 Å². The first-order valence-electron chi connectivity index (χ1n) is 8.70. The Morgan fingerprint density at radius 3 is 1.25 bits per heavy atom. The molecular formula is C18H30N2O8. The Labute approximate surface area is 164 Å². The van der Waals surface area contributed by atoms with E-state index in [1.807, 2.05) is 0 Å². The lowest BCUT2D eigenvalue weighted by Gasteiger charge is -2.22. The van der Waals surface area contributed by atoms with Gasteiger partial charge in [0.15, 0.2) is 0 Å². The molecule has 28 heavy (non-hydrogen) atoms. The van der Waals surface area contributed by atoms with Gasteiger partial charge in [-0.25, -0.2) is 19.2 Å². The van der Waals surface area contributed by atoms with Crippen LogP contribution in [0.2, 0.25) is 0 Å². The van der Waals surface area contributed by atoms with Crippen molar-refractivity contribution in [3.63, 3.8) is 0 Å². The van der Waals surface area contributed by atoms with Gasteiger partial charge in [0.25, 0.3) is 0 Å². The summed E-state index contributed by atoms with van der Waals surface area (Å²) in [6.07, 6.45) is 0.888. The Balaban J connectivity index is 4.72. The van der Waals surface area contributed by atoms with E-state index in [9.17, 15) is 29.4 Å². The highest BCUT2D eigenvalue weighted by molar-refractivity contribution is 5.81. The SMILES string of the molecule is CC(C)(C)OC(=O)NC(CC=CCC(NC(=O)OC(C)(C)C)C(=O)O)C(=O)O. The molecule has 0 aliphatic heterocycles. The maximum atomic E-state index is 11.7. The number of carboxylic acid groups (broad SMARTS) is 2. The molecule has 0 rings (SSSR count). The average Bonchev–Trinajstić information content (AvgIpc) is 2.44. The van der Waals surface area contributed by atoms with Crippen molar-refractivity contribution in [3.8, 4) is 0 Å². The molecule has 2 atom stereocenters. The van der Waals surface area contributed by atoms with Crippen LogP contribution in [0.5, 0.6) is 0 Å². The molecule has 0 spiro atoms. The highest BCUT2D eigenvalue weighted by atomic mass is 16.6. The van der Waals surface area contributed by atoms with Gasteiger partial charge < -0.3 is 30.3 Å². The molecular weight excluding hydrogens is 372 g/mol. The second-order valence-corrected chi connectivity index (χ2v) is 8.02. The van der Waals surface area contributed by atoms with Crippen LogP contribution in [0.1, 0.15) is 54.4 Å². The van der Waals surface area contributed by atoms with Crippen molar-refractivity contribution in [3.05, 3.63) is 12.2 Å². The van der Waals surface area contributed by atoms with E-state index >= 15 is 0 Å². The third-order valence-corrected chi connectivity index (χ3v) is 2.89. The molecule has 0 bridgehead atoms. The highest BCUT2D eigenvalue weighted by Gasteiger charge is 2.24. The number of carbonyl (C=O) groups is 4. The number of carboxylic acids is 2. The summed E-state index contributed by atoms with van der Waals surface area (Å²) in [5.74, 6) is -2.53. The molecule has 0 aliphatic carbocycles. The van der Waals surface area contributed by atoms with E-state index in [0.717, 1.165) is 0 Å². The molecule has 0 heterocycles. The highest BCUT2D eigenvalue weighted by Crippen LogP contribution is 2.09. The lowest BCUT2D eigenvalue weighted by atomic mass is 10.1. The monoisotopic (exact) mass is 402 g/mol. The molecule has 0 aromatic rings. The third-order valence-electron chi connectivity index (χ3n) is 2.89. The quantitative estimate of drug-likeness (QED) is 0.451. The van der Waals surface area contributed by atoms with E-state index in [4.69, 9.17) is 9.47 Å². The zero-order valence-electron chi connectivity index (χ0n) is 17.1. The Morgan fingerprint density at radius 1 is 0.750 bits per heavy atom. The van der Waals surface area contributed by atoms with Crippen molar-refractivity contribution in [2.75, 3.05) is 0 Å². The Hall–Kier alpha value is -2.78. The molecule has 4 N–H and O–H groups in total. The van der Waals surface area contributed by atoms with Gasteiger partial charge >= 0.3 is 24.1 Å². The van der Waals surface area contributed by atoms with Gasteiger partial charge in [-0.05, 0) is 54.4 Å². The van der Waals surface area contributed by atoms with E-state index in [-0.39, 0.29) is 12.8 Å². The van der Waals surface area contributed by atoms with Crippen LogP contribution in [0, 0.1) is 0 Å². The minimum Gasteiger partial charge on any atom is -0.480 e. The van der Waals surface area contributed by atoms with Gasteiger partial charge in [-0.2, -0.15) is 0 Å². The van der Waals surface area contributed by atoms with Gasteiger partial charge in [0, 0.05) is 0 Å². The second kappa shape index (κ2) is 10.5. The Kier molecular flexibility index (Phi) is 9.48. The van der Waals surface area contributed by atoms with Gasteiger partial charge in [0.1, 0.15) is 23.3 Å². The number of hydrogen-bond donors (Lipinski definition) is 4. The van der Waals surface area contributed by atoms with E-state index in [2.05, 4.69) is 10.6 Å². The zero-order chi connectivity index (χ0) is 22.1. The molecule has 10 nitrogen and oxygen atoms in total. The molecule has 0 aliphatic rings. The van der Waals surface area contributed by atoms with Gasteiger partial charge in [-0.1, -0.05) is 12.2 Å². The molecule has 0 aromatic carbocycles. The second-order valence-electron chi connectivity index (χ2n) is 8.02. The van der Waals surface area contributed by atoms with Crippen molar-refractivity contribution >= 4 is 24.1 Å². The predicted molar refractivity (Wildman–Crippen MR) is 100.0 cm³/mol. The van der Waals surface area contributed by atoms with Crippen molar-refractivity contribution in [2.24, 2.45) is 0 Å². The van der Waals surface area contributed by atoms with Crippen LogP contribution in [-0.4, -0.2) is 57.6 Å². The molecule has 0 fully saturated rings. The summed E-state index contributed by atoms with van der Waals surface area (Å²) in [5, 5.41) is 22.8. The first-order valence-corrected chi connectivity index (χ1v) is 8.70. The number of nitrogens with one attached hydrogen (secondary N) is 2. The van der Waals surface area contributed by atoms with Gasteiger partial charge in [0.05, 0.1) is 0 Å². The van der Waals surface area contributed by atoms with Crippen LogP contribution < -0.4 is 10.6 Å². The molecule has 0 radical (unpaired) electrons. The number of rotatable bonds is 8. The van der Waals surface area contributed by atoms with Crippen LogP contribution in [-0.2, 0) is 19.1 Å². The maximum absolute atomic E-state index is 11.7. The smallest absolute Gasteiger partial charge is 0.408 e. The third kappa shape index (κ3) is 12.6. The molecule has 0 saturated heterocycles. The first kappa shape index (κ1) is 25.2. The van der Waals surface area contributed by atoms with Crippen LogP contribution in [0.25, 0.3) is 0 Å². The first-order chi connectivity index (χ1) is 12.6. The van der Waals surface area contributed by atoms with Crippen molar-refractivity contribution in [1.29, 1.82) is 0 Å². The number of aliphatic carboxylic acids is 2. The normalized spacial score (nSPS) is 14.1. The van der Waals surface area contributed by atoms with Crippen molar-refractivity contribution in [2.45, 2.75) is 77.7 Å². The van der Waals surface area contributed by atoms with Crippen molar-refractivity contribution in [1.82, 2.24) is 10.6 Å². The molecule has 0 aromatic heterocycles. The molecule has 10 heteroatoms. The zero-order valence-corrected chi connectivity index (χ0v) is 17.1. The number of amides is 2.